The Morgan fingerprint density at radius 3 is 2.43 bits per heavy atom. The van der Waals surface area contributed by atoms with Crippen molar-refractivity contribution < 1.29 is 19.5 Å². The van der Waals surface area contributed by atoms with Gasteiger partial charge in [0.25, 0.3) is 0 Å². The fourth-order valence-corrected chi connectivity index (χ4v) is 2.68. The van der Waals surface area contributed by atoms with Gasteiger partial charge < -0.3 is 20.6 Å². The van der Waals surface area contributed by atoms with Crippen LogP contribution >= 0.6 is 0 Å². The molecule has 1 atom stereocenters. The van der Waals surface area contributed by atoms with Gasteiger partial charge in [0, 0.05) is 32.1 Å². The first-order chi connectivity index (χ1) is 10.9. The van der Waals surface area contributed by atoms with Crippen molar-refractivity contribution in [1.82, 2.24) is 20.4 Å². The minimum atomic E-state index is -0.948. The number of carboxylic acid groups (broad SMARTS) is 1. The third-order valence-corrected chi connectivity index (χ3v) is 3.76. The van der Waals surface area contributed by atoms with Crippen molar-refractivity contribution in [2.75, 3.05) is 46.8 Å². The maximum atomic E-state index is 11.9. The number of hydrogen-bond acceptors (Lipinski definition) is 5. The van der Waals surface area contributed by atoms with Crippen LogP contribution in [0.3, 0.4) is 0 Å². The molecule has 0 radical (unpaired) electrons. The van der Waals surface area contributed by atoms with Crippen LogP contribution in [0.1, 0.15) is 25.7 Å². The van der Waals surface area contributed by atoms with Crippen LogP contribution in [-0.2, 0) is 14.4 Å². The van der Waals surface area contributed by atoms with E-state index in [0.717, 1.165) is 25.9 Å². The Hall–Kier alpha value is -1.67. The van der Waals surface area contributed by atoms with Crippen LogP contribution in [0.5, 0.6) is 0 Å². The fraction of sp³-hybridized carbons (Fsp3) is 0.800. The topological polar surface area (TPSA) is 102 Å². The highest BCUT2D eigenvalue weighted by Crippen LogP contribution is 2.16. The lowest BCUT2D eigenvalue weighted by Crippen LogP contribution is -2.44. The molecule has 1 unspecified atom stereocenters. The lowest BCUT2D eigenvalue weighted by Gasteiger charge is -2.26. The molecule has 1 saturated heterocycles. The summed E-state index contributed by atoms with van der Waals surface area (Å²) >= 11 is 0. The van der Waals surface area contributed by atoms with E-state index in [4.69, 9.17) is 5.11 Å². The second-order valence-electron chi connectivity index (χ2n) is 6.12. The molecule has 0 aromatic carbocycles. The molecule has 0 aromatic heterocycles. The first-order valence-corrected chi connectivity index (χ1v) is 8.02. The van der Waals surface area contributed by atoms with Gasteiger partial charge in [-0.2, -0.15) is 0 Å². The molecule has 23 heavy (non-hydrogen) atoms. The predicted molar refractivity (Wildman–Crippen MR) is 86.0 cm³/mol. The minimum Gasteiger partial charge on any atom is -0.481 e. The van der Waals surface area contributed by atoms with Gasteiger partial charge >= 0.3 is 5.97 Å². The van der Waals surface area contributed by atoms with E-state index in [1.165, 1.54) is 0 Å². The summed E-state index contributed by atoms with van der Waals surface area (Å²) in [6.07, 6.45) is 2.28. The Morgan fingerprint density at radius 1 is 1.13 bits per heavy atom. The molecular formula is C15H28N4O4. The molecule has 2 amide bonds. The van der Waals surface area contributed by atoms with E-state index in [9.17, 15) is 14.4 Å². The van der Waals surface area contributed by atoms with E-state index >= 15 is 0 Å². The number of rotatable bonds is 10. The lowest BCUT2D eigenvalue weighted by molar-refractivity contribution is -0.137. The van der Waals surface area contributed by atoms with Crippen molar-refractivity contribution >= 4 is 17.8 Å². The van der Waals surface area contributed by atoms with Crippen molar-refractivity contribution in [1.29, 1.82) is 0 Å². The molecule has 8 nitrogen and oxygen atoms in total. The number of nitrogens with zero attached hydrogens (tertiary/aromatic N) is 2. The monoisotopic (exact) mass is 337 g/mol. The Kier molecular flexibility index (Phi) is 8.57. The molecule has 1 heterocycles. The molecule has 0 bridgehead atoms. The number of carbonyl (C=O) groups excluding carboxylic acids is 2. The molecular weight excluding hydrogens is 309 g/mol. The van der Waals surface area contributed by atoms with Gasteiger partial charge in [0.1, 0.15) is 0 Å². The molecule has 0 saturated carbocycles. The Balaban J connectivity index is 2.16. The third-order valence-electron chi connectivity index (χ3n) is 3.76. The summed E-state index contributed by atoms with van der Waals surface area (Å²) in [5, 5.41) is 13.7. The summed E-state index contributed by atoms with van der Waals surface area (Å²) in [7, 11) is 4.05. The number of likely N-dealkylation sites (tertiary alicyclic amines) is 1. The van der Waals surface area contributed by atoms with Gasteiger partial charge in [-0.25, -0.2) is 0 Å². The van der Waals surface area contributed by atoms with Gasteiger partial charge in [0.05, 0.1) is 13.0 Å². The maximum Gasteiger partial charge on any atom is 0.305 e. The van der Waals surface area contributed by atoms with Crippen molar-refractivity contribution in [3.05, 3.63) is 0 Å². The van der Waals surface area contributed by atoms with Crippen LogP contribution < -0.4 is 10.6 Å². The van der Waals surface area contributed by atoms with E-state index in [1.807, 2.05) is 14.1 Å². The minimum absolute atomic E-state index is 0.0750. The fourth-order valence-electron chi connectivity index (χ4n) is 2.68. The molecule has 3 N–H and O–H groups in total. The SMILES string of the molecule is [13CH3][15N]([13CH3])[13CH2]C1CCCN1[13CH2]C(=O)NCCC(=O)[15NH][13CH2][13CH2][13C](=O)O. The van der Waals surface area contributed by atoms with E-state index in [2.05, 4.69) is 20.4 Å². The number of nitrogens with one attached hydrogen (secondary N) is 2. The molecule has 8 heteroatoms. The van der Waals surface area contributed by atoms with E-state index in [0.29, 0.717) is 12.6 Å². The van der Waals surface area contributed by atoms with Crippen molar-refractivity contribution in [3.8, 4) is 0 Å². The van der Waals surface area contributed by atoms with Crippen LogP contribution in [0.25, 0.3) is 0 Å². The van der Waals surface area contributed by atoms with Crippen molar-refractivity contribution in [2.24, 2.45) is 0 Å². The first-order valence-electron chi connectivity index (χ1n) is 8.02. The highest BCUT2D eigenvalue weighted by atomic mass is 16.5. The molecule has 0 spiro atoms. The maximum absolute atomic E-state index is 11.9. The average Bonchev–Trinajstić information content (AvgIpc) is 2.84. The first kappa shape index (κ1) is 19.4. The van der Waals surface area contributed by atoms with Gasteiger partial charge in [-0.05, 0) is 33.5 Å². The summed E-state index contributed by atoms with van der Waals surface area (Å²) in [5.41, 5.74) is 0. The number of amides is 2. The summed E-state index contributed by atoms with van der Waals surface area (Å²) in [6, 6.07) is 0.412. The number of aliphatic carboxylic acids is 1. The highest BCUT2D eigenvalue weighted by molar-refractivity contribution is 5.80. The zero-order valence-electron chi connectivity index (χ0n) is 14.0. The second-order valence-corrected chi connectivity index (χ2v) is 6.12. The molecule has 1 fully saturated rings. The predicted octanol–water partition coefficient (Wildman–Crippen LogP) is -0.890. The quantitative estimate of drug-likeness (QED) is 0.353. The van der Waals surface area contributed by atoms with Gasteiger partial charge in [0.2, 0.25) is 11.8 Å². The normalized spacial score (nSPS) is 18.1. The van der Waals surface area contributed by atoms with Gasteiger partial charge in [0.15, 0.2) is 0 Å². The Morgan fingerprint density at radius 2 is 1.78 bits per heavy atom. The number of likely N-dealkylation sites (N-methyl/N-ethyl adjacent to an activating group) is 1. The molecule has 132 valence electrons. The van der Waals surface area contributed by atoms with Gasteiger partial charge in [-0.15, -0.1) is 0 Å². The van der Waals surface area contributed by atoms with E-state index in [1.54, 1.807) is 0 Å². The lowest BCUT2D eigenvalue weighted by atomic mass is 10.3. The Bertz CT molecular complexity index is 414. The summed E-state index contributed by atoms with van der Waals surface area (Å²) in [4.78, 5) is 38.0. The molecule has 0 aliphatic carbocycles. The largest absolute Gasteiger partial charge is 0.481 e. The van der Waals surface area contributed by atoms with Crippen molar-refractivity contribution in [2.45, 2.75) is 31.7 Å². The average molecular weight is 337 g/mol. The number of hydrogen-bond donors (Lipinski definition) is 3. The third kappa shape index (κ3) is 8.51. The van der Waals surface area contributed by atoms with Crippen LogP contribution in [0, 0.1) is 0 Å². The molecule has 1 rings (SSSR count). The highest BCUT2D eigenvalue weighted by Gasteiger charge is 2.26. The van der Waals surface area contributed by atoms with Crippen LogP contribution in [-0.4, -0.2) is 85.6 Å². The summed E-state index contributed by atoms with van der Waals surface area (Å²) in [5.74, 6) is -1.27. The molecule has 0 aromatic rings. The Labute approximate surface area is 137 Å². The number of carbonyl (C=O) groups is 3. The summed E-state index contributed by atoms with van der Waals surface area (Å²) in [6.45, 7) is 2.62. The van der Waals surface area contributed by atoms with Crippen molar-refractivity contribution in [3.63, 3.8) is 0 Å². The summed E-state index contributed by atoms with van der Waals surface area (Å²) < 4.78 is 0. The van der Waals surface area contributed by atoms with Gasteiger partial charge in [-0.1, -0.05) is 0 Å². The second kappa shape index (κ2) is 10.2. The van der Waals surface area contributed by atoms with Crippen LogP contribution in [0.2, 0.25) is 0 Å². The smallest absolute Gasteiger partial charge is 0.305 e. The van der Waals surface area contributed by atoms with E-state index < -0.39 is 5.97 Å². The van der Waals surface area contributed by atoms with Crippen LogP contribution in [0.15, 0.2) is 0 Å². The number of carboxylic acids is 1. The standard InChI is InChI=1S/C15H28N4O4/c1-18(2)10-12-4-3-9-19(12)11-14(21)17-7-5-13(20)16-8-6-15(22)23/h12H,3-11H2,1-2H3,(H,16,20)(H,17,21)(H,22,23)/i1+1,2+1,6+1,8+1,10+1,11+1,15+1,16+1,18+1. The van der Waals surface area contributed by atoms with E-state index in [-0.39, 0.29) is 37.7 Å². The molecule has 1 aliphatic rings. The zero-order chi connectivity index (χ0) is 17.2. The van der Waals surface area contributed by atoms with Crippen LogP contribution in [0.4, 0.5) is 0 Å². The zero-order valence-corrected chi connectivity index (χ0v) is 14.0. The molecule has 1 aliphatic heterocycles. The van der Waals surface area contributed by atoms with Gasteiger partial charge in [-0.3, -0.25) is 19.3 Å².